The second-order valence-corrected chi connectivity index (χ2v) is 7.69. The molecule has 0 aliphatic carbocycles. The molecular formula is C20H23FN6O2S. The van der Waals surface area contributed by atoms with Crippen LogP contribution in [0.15, 0.2) is 35.5 Å². The lowest BCUT2D eigenvalue weighted by Gasteiger charge is -2.20. The van der Waals surface area contributed by atoms with Crippen LogP contribution in [0.2, 0.25) is 0 Å². The number of hydrogen-bond acceptors (Lipinski definition) is 6. The molecule has 2 heterocycles. The molecule has 2 aromatic heterocycles. The van der Waals surface area contributed by atoms with Crippen molar-refractivity contribution < 1.29 is 14.0 Å². The van der Waals surface area contributed by atoms with Crippen molar-refractivity contribution in [1.82, 2.24) is 29.8 Å². The van der Waals surface area contributed by atoms with E-state index in [0.717, 1.165) is 17.0 Å². The van der Waals surface area contributed by atoms with Gasteiger partial charge in [-0.05, 0) is 44.5 Å². The molecule has 1 aromatic carbocycles. The van der Waals surface area contributed by atoms with Gasteiger partial charge in [0.25, 0.3) is 5.78 Å². The summed E-state index contributed by atoms with van der Waals surface area (Å²) in [5.74, 6) is -0.171. The number of nitrogens with zero attached hydrogens (tertiary/aromatic N) is 5. The van der Waals surface area contributed by atoms with Crippen LogP contribution in [0.3, 0.4) is 0 Å². The molecule has 0 spiro atoms. The molecule has 8 nitrogen and oxygen atoms in total. The fourth-order valence-electron chi connectivity index (χ4n) is 2.84. The number of aromatic nitrogens is 4. The smallest absolute Gasteiger partial charge is 0.253 e. The number of amides is 2. The van der Waals surface area contributed by atoms with Crippen molar-refractivity contribution in [3.63, 3.8) is 0 Å². The zero-order valence-corrected chi connectivity index (χ0v) is 17.9. The number of benzene rings is 1. The first-order valence-electron chi connectivity index (χ1n) is 9.48. The van der Waals surface area contributed by atoms with Crippen LogP contribution in [0.4, 0.5) is 4.39 Å². The van der Waals surface area contributed by atoms with E-state index in [0.29, 0.717) is 17.5 Å². The summed E-state index contributed by atoms with van der Waals surface area (Å²) in [4.78, 5) is 34.9. The third-order valence-corrected chi connectivity index (χ3v) is 5.22. The predicted molar refractivity (Wildman–Crippen MR) is 111 cm³/mol. The Morgan fingerprint density at radius 1 is 1.20 bits per heavy atom. The number of hydrogen-bond donors (Lipinski definition) is 1. The van der Waals surface area contributed by atoms with Crippen molar-refractivity contribution in [2.75, 3.05) is 18.8 Å². The maximum Gasteiger partial charge on any atom is 0.253 e. The number of halogens is 1. The third-order valence-electron chi connectivity index (χ3n) is 4.40. The first-order valence-corrected chi connectivity index (χ1v) is 10.5. The Morgan fingerprint density at radius 3 is 2.63 bits per heavy atom. The summed E-state index contributed by atoms with van der Waals surface area (Å²) in [5.41, 5.74) is 2.55. The van der Waals surface area contributed by atoms with Gasteiger partial charge in [0.2, 0.25) is 17.0 Å². The molecule has 3 aromatic rings. The minimum absolute atomic E-state index is 0.0461. The van der Waals surface area contributed by atoms with Gasteiger partial charge in [0, 0.05) is 24.5 Å². The van der Waals surface area contributed by atoms with Gasteiger partial charge in [-0.1, -0.05) is 23.9 Å². The lowest BCUT2D eigenvalue weighted by Crippen LogP contribution is -2.41. The summed E-state index contributed by atoms with van der Waals surface area (Å²) in [6, 6.07) is 7.80. The Bertz CT molecular complexity index is 1050. The van der Waals surface area contributed by atoms with E-state index >= 15 is 0 Å². The average molecular weight is 431 g/mol. The molecule has 0 fully saturated rings. The maximum atomic E-state index is 12.9. The highest BCUT2D eigenvalue weighted by Crippen LogP contribution is 2.16. The zero-order valence-electron chi connectivity index (χ0n) is 17.1. The van der Waals surface area contributed by atoms with Crippen molar-refractivity contribution in [3.8, 4) is 0 Å². The quantitative estimate of drug-likeness (QED) is 0.551. The van der Waals surface area contributed by atoms with Gasteiger partial charge in [0.1, 0.15) is 5.82 Å². The van der Waals surface area contributed by atoms with Gasteiger partial charge in [-0.25, -0.2) is 13.9 Å². The van der Waals surface area contributed by atoms with E-state index in [1.54, 1.807) is 16.6 Å². The van der Waals surface area contributed by atoms with Crippen LogP contribution < -0.4 is 5.32 Å². The standard InChI is InChI=1S/C20H23FN6O2S/c1-4-26(11-17(28)22-10-15-5-7-16(21)8-6-15)18(29)12-30-20-24-19-23-13(2)9-14(3)27(19)25-20/h5-9H,4,10-12H2,1-3H3,(H,22,28). The maximum absolute atomic E-state index is 12.9. The van der Waals surface area contributed by atoms with Crippen LogP contribution in [-0.4, -0.2) is 55.1 Å². The molecule has 3 rings (SSSR count). The van der Waals surface area contributed by atoms with Crippen LogP contribution in [-0.2, 0) is 16.1 Å². The summed E-state index contributed by atoms with van der Waals surface area (Å²) in [6.45, 7) is 6.25. The molecule has 0 saturated heterocycles. The largest absolute Gasteiger partial charge is 0.350 e. The number of likely N-dealkylation sites (N-methyl/N-ethyl adjacent to an activating group) is 1. The van der Waals surface area contributed by atoms with Crippen LogP contribution in [0.5, 0.6) is 0 Å². The predicted octanol–water partition coefficient (Wildman–Crippen LogP) is 2.14. The number of carbonyl (C=O) groups is 2. The summed E-state index contributed by atoms with van der Waals surface area (Å²) in [6.07, 6.45) is 0. The van der Waals surface area contributed by atoms with Gasteiger partial charge in [-0.15, -0.1) is 5.10 Å². The van der Waals surface area contributed by atoms with Crippen molar-refractivity contribution in [3.05, 3.63) is 53.1 Å². The van der Waals surface area contributed by atoms with E-state index in [-0.39, 0.29) is 36.5 Å². The second kappa shape index (κ2) is 9.66. The highest BCUT2D eigenvalue weighted by molar-refractivity contribution is 7.99. The number of aryl methyl sites for hydroxylation is 2. The van der Waals surface area contributed by atoms with Crippen LogP contribution >= 0.6 is 11.8 Å². The highest BCUT2D eigenvalue weighted by Gasteiger charge is 2.17. The molecule has 10 heteroatoms. The number of rotatable bonds is 8. The molecule has 30 heavy (non-hydrogen) atoms. The Hall–Kier alpha value is -3.01. The van der Waals surface area contributed by atoms with Crippen molar-refractivity contribution in [2.24, 2.45) is 0 Å². The Balaban J connectivity index is 1.52. The first kappa shape index (κ1) is 21.7. The molecule has 0 saturated carbocycles. The molecule has 0 aliphatic rings. The summed E-state index contributed by atoms with van der Waals surface area (Å²) in [5, 5.41) is 7.57. The highest BCUT2D eigenvalue weighted by atomic mass is 32.2. The van der Waals surface area contributed by atoms with E-state index in [1.165, 1.54) is 28.8 Å². The zero-order chi connectivity index (χ0) is 21.7. The van der Waals surface area contributed by atoms with E-state index in [1.807, 2.05) is 26.8 Å². The molecule has 0 atom stereocenters. The van der Waals surface area contributed by atoms with Gasteiger partial charge in [0.15, 0.2) is 0 Å². The molecule has 0 unspecified atom stereocenters. The van der Waals surface area contributed by atoms with Crippen molar-refractivity contribution in [1.29, 1.82) is 0 Å². The molecule has 2 amide bonds. The lowest BCUT2D eigenvalue weighted by molar-refractivity contribution is -0.133. The average Bonchev–Trinajstić information content (AvgIpc) is 3.13. The number of carbonyl (C=O) groups excluding carboxylic acids is 2. The minimum atomic E-state index is -0.327. The van der Waals surface area contributed by atoms with E-state index in [9.17, 15) is 14.0 Å². The van der Waals surface area contributed by atoms with E-state index < -0.39 is 0 Å². The molecule has 0 radical (unpaired) electrons. The van der Waals surface area contributed by atoms with Gasteiger partial charge in [0.05, 0.1) is 12.3 Å². The van der Waals surface area contributed by atoms with Crippen molar-refractivity contribution >= 4 is 29.4 Å². The molecular weight excluding hydrogens is 407 g/mol. The summed E-state index contributed by atoms with van der Waals surface area (Å²) < 4.78 is 14.6. The first-order chi connectivity index (χ1) is 14.4. The van der Waals surface area contributed by atoms with Gasteiger partial charge in [-0.3, -0.25) is 9.59 Å². The normalized spacial score (nSPS) is 10.9. The Morgan fingerprint density at radius 2 is 1.93 bits per heavy atom. The Kier molecular flexibility index (Phi) is 6.99. The SMILES string of the molecule is CCN(CC(=O)NCc1ccc(F)cc1)C(=O)CSc1nc2nc(C)cc(C)n2n1. The number of fused-ring (bicyclic) bond motifs is 1. The summed E-state index contributed by atoms with van der Waals surface area (Å²) in [7, 11) is 0. The monoisotopic (exact) mass is 430 g/mol. The van der Waals surface area contributed by atoms with Crippen molar-refractivity contribution in [2.45, 2.75) is 32.5 Å². The Labute approximate surface area is 177 Å². The van der Waals surface area contributed by atoms with Gasteiger partial charge < -0.3 is 10.2 Å². The summed E-state index contributed by atoms with van der Waals surface area (Å²) >= 11 is 1.21. The lowest BCUT2D eigenvalue weighted by atomic mass is 10.2. The van der Waals surface area contributed by atoms with Gasteiger partial charge >= 0.3 is 0 Å². The number of nitrogens with one attached hydrogen (secondary N) is 1. The van der Waals surface area contributed by atoms with E-state index in [2.05, 4.69) is 20.4 Å². The van der Waals surface area contributed by atoms with E-state index in [4.69, 9.17) is 0 Å². The second-order valence-electron chi connectivity index (χ2n) is 6.74. The van der Waals surface area contributed by atoms with Crippen LogP contribution in [0.1, 0.15) is 23.9 Å². The van der Waals surface area contributed by atoms with Crippen LogP contribution in [0, 0.1) is 19.7 Å². The molecule has 0 bridgehead atoms. The molecule has 158 valence electrons. The van der Waals surface area contributed by atoms with Gasteiger partial charge in [-0.2, -0.15) is 4.98 Å². The van der Waals surface area contributed by atoms with Crippen LogP contribution in [0.25, 0.3) is 5.78 Å². The fourth-order valence-corrected chi connectivity index (χ4v) is 3.56. The third kappa shape index (κ3) is 5.53. The minimum Gasteiger partial charge on any atom is -0.350 e. The molecule has 0 aliphatic heterocycles. The fraction of sp³-hybridized carbons (Fsp3) is 0.350. The number of thioether (sulfide) groups is 1. The molecule has 1 N–H and O–H groups in total. The topological polar surface area (TPSA) is 92.5 Å².